The largest absolute Gasteiger partial charge is 0.416 e. The van der Waals surface area contributed by atoms with Crippen LogP contribution in [0.5, 0.6) is 0 Å². The van der Waals surface area contributed by atoms with Gasteiger partial charge in [0.25, 0.3) is 0 Å². The highest BCUT2D eigenvalue weighted by Gasteiger charge is 2.38. The third-order valence-electron chi connectivity index (χ3n) is 10.9. The van der Waals surface area contributed by atoms with Crippen LogP contribution in [0.1, 0.15) is 38.9 Å². The summed E-state index contributed by atoms with van der Waals surface area (Å²) in [6.45, 7) is 0. The first kappa shape index (κ1) is 51.7. The number of hydrogen-bond donors (Lipinski definition) is 0. The fraction of sp³-hybridized carbons (Fsp3) is 0.120. The molecule has 1 nitrogen and oxygen atoms in total. The van der Waals surface area contributed by atoms with E-state index in [-0.39, 0.29) is 27.6 Å². The van der Waals surface area contributed by atoms with Crippen LogP contribution < -0.4 is 21.9 Å². The lowest BCUT2D eigenvalue weighted by atomic mass is 9.13. The maximum Gasteiger partial charge on any atom is 0.416 e. The molecular weight excluding hydrogens is 994 g/mol. The van der Waals surface area contributed by atoms with Crippen molar-refractivity contribution in [1.82, 2.24) is 0 Å². The van der Waals surface area contributed by atoms with Crippen molar-refractivity contribution < 1.29 is 56.9 Å². The molecule has 1 atom stereocenters. The smallest absolute Gasteiger partial charge is 0.195 e. The zero-order chi connectivity index (χ0) is 49.8. The van der Waals surface area contributed by atoms with Crippen LogP contribution >= 0.6 is 34.8 Å². The van der Waals surface area contributed by atoms with E-state index in [1.807, 2.05) is 72.8 Å². The lowest BCUT2D eigenvalue weighted by Gasteiger charge is -2.44. The van der Waals surface area contributed by atoms with E-state index in [0.717, 1.165) is 59.7 Å². The summed E-state index contributed by atoms with van der Waals surface area (Å²) in [5.41, 5.74) is -2.04. The van der Waals surface area contributed by atoms with E-state index < -0.39 is 66.8 Å². The highest BCUT2D eigenvalue weighted by Crippen LogP contribution is 2.39. The molecule has 18 heteroatoms. The lowest BCUT2D eigenvalue weighted by Crippen LogP contribution is -2.74. The van der Waals surface area contributed by atoms with Crippen molar-refractivity contribution in [3.8, 4) is 11.2 Å². The van der Waals surface area contributed by atoms with Crippen molar-refractivity contribution in [2.75, 3.05) is 0 Å². The monoisotopic (exact) mass is 1020 g/mol. The molecule has 0 aromatic heterocycles. The van der Waals surface area contributed by atoms with Gasteiger partial charge in [0.2, 0.25) is 3.79 Å². The van der Waals surface area contributed by atoms with Crippen LogP contribution in [-0.4, -0.2) is 6.15 Å². The number of hydrogen-bond acceptors (Lipinski definition) is 1. The van der Waals surface area contributed by atoms with Gasteiger partial charge in [-0.15, -0.1) is 0 Å². The van der Waals surface area contributed by atoms with E-state index in [0.29, 0.717) is 59.0 Å². The van der Waals surface area contributed by atoms with E-state index in [1.54, 1.807) is 12.1 Å². The minimum absolute atomic E-state index is 0.0114. The van der Waals surface area contributed by atoms with Gasteiger partial charge in [0.1, 0.15) is 6.15 Å². The Kier molecular flexibility index (Phi) is 15.3. The molecule has 0 saturated heterocycles. The van der Waals surface area contributed by atoms with Gasteiger partial charge in [-0.25, -0.2) is 0 Å². The maximum absolute atomic E-state index is 13.8. The molecule has 0 saturated carbocycles. The van der Waals surface area contributed by atoms with Crippen LogP contribution in [0.25, 0.3) is 0 Å². The van der Waals surface area contributed by atoms with Crippen molar-refractivity contribution in [3.63, 3.8) is 0 Å². The summed E-state index contributed by atoms with van der Waals surface area (Å²) in [6, 6.07) is 39.5. The predicted octanol–water partition coefficient (Wildman–Crippen LogP) is 13.7. The molecule has 7 aromatic rings. The molecule has 0 amide bonds. The highest BCUT2D eigenvalue weighted by molar-refractivity contribution is 8.06. The topological polar surface area (TPSA) is 17.1 Å². The second-order valence-corrected chi connectivity index (χ2v) is 19.9. The average Bonchev–Trinajstić information content (AvgIpc) is 3.29. The Balaban J connectivity index is 0.000000244. The standard InChI is InChI=1S/C28H16BF12.C22H16Cl3OS/c30-25(31,32)17-1-9-21(10-2-17)29(22-11-3-18(4-12-22)26(33,34)35,23-13-5-19(6-14-23)27(36,37)38)24-15-7-20(8-16-24)28(39,40)41;23-22(24,25)20-13-11-19(12-14-20)17-27(26,21-9-5-2-6-10-21)16-15-18-7-3-1-4-8-18/h1-16H;1-14H,17H2/q-1;+1. The summed E-state index contributed by atoms with van der Waals surface area (Å²) in [6.07, 6.45) is -22.0. The van der Waals surface area contributed by atoms with Gasteiger partial charge in [-0.05, 0) is 30.2 Å². The first-order chi connectivity index (χ1) is 31.7. The molecule has 352 valence electrons. The lowest BCUT2D eigenvalue weighted by molar-refractivity contribution is -0.138. The molecule has 68 heavy (non-hydrogen) atoms. The zero-order valence-electron chi connectivity index (χ0n) is 34.6. The van der Waals surface area contributed by atoms with E-state index in [2.05, 4.69) is 11.2 Å². The minimum Gasteiger partial charge on any atom is -0.195 e. The van der Waals surface area contributed by atoms with Crippen LogP contribution in [-0.2, 0) is 48.4 Å². The van der Waals surface area contributed by atoms with E-state index in [4.69, 9.17) is 34.8 Å². The molecule has 0 fully saturated rings. The second kappa shape index (κ2) is 20.1. The third-order valence-corrected chi connectivity index (χ3v) is 13.7. The second-order valence-electron chi connectivity index (χ2n) is 15.3. The van der Waals surface area contributed by atoms with E-state index >= 15 is 0 Å². The Morgan fingerprint density at radius 3 is 0.985 bits per heavy atom. The Hall–Kier alpha value is -5.66. The van der Waals surface area contributed by atoms with Crippen LogP contribution in [0, 0.1) is 11.2 Å². The van der Waals surface area contributed by atoms with Gasteiger partial charge in [0, 0.05) is 16.7 Å². The van der Waals surface area contributed by atoms with Crippen LogP contribution in [0.4, 0.5) is 52.7 Å². The summed E-state index contributed by atoms with van der Waals surface area (Å²) in [7, 11) is -2.63. The average molecular weight is 1030 g/mol. The molecule has 0 aliphatic heterocycles. The normalized spacial score (nSPS) is 13.3. The number of halogens is 15. The molecule has 0 N–H and O–H groups in total. The molecule has 0 aliphatic rings. The Bertz CT molecular complexity index is 2650. The summed E-state index contributed by atoms with van der Waals surface area (Å²) < 4.78 is 172. The van der Waals surface area contributed by atoms with E-state index in [1.165, 1.54) is 0 Å². The van der Waals surface area contributed by atoms with Crippen molar-refractivity contribution in [2.45, 2.75) is 39.1 Å². The molecule has 1 unspecified atom stereocenters. The van der Waals surface area contributed by atoms with Gasteiger partial charge in [0.15, 0.2) is 25.8 Å². The summed E-state index contributed by atoms with van der Waals surface area (Å²) in [5, 5.41) is 3.02. The fourth-order valence-electron chi connectivity index (χ4n) is 7.50. The Morgan fingerprint density at radius 1 is 0.397 bits per heavy atom. The van der Waals surface area contributed by atoms with Gasteiger partial charge >= 0.3 is 24.7 Å². The van der Waals surface area contributed by atoms with Crippen LogP contribution in [0.2, 0.25) is 0 Å². The molecule has 0 spiro atoms. The molecular formula is C50H32BCl3F12OS. The summed E-state index contributed by atoms with van der Waals surface area (Å²) in [4.78, 5) is 0.707. The third kappa shape index (κ3) is 12.3. The van der Waals surface area contributed by atoms with Crippen molar-refractivity contribution in [2.24, 2.45) is 0 Å². The molecule has 0 radical (unpaired) electrons. The number of benzene rings is 7. The van der Waals surface area contributed by atoms with Gasteiger partial charge < -0.3 is 0 Å². The van der Waals surface area contributed by atoms with E-state index in [9.17, 15) is 56.9 Å². The molecule has 0 aliphatic carbocycles. The maximum atomic E-state index is 13.8. The molecule has 0 heterocycles. The molecule has 7 aromatic carbocycles. The fourth-order valence-corrected chi connectivity index (χ4v) is 9.78. The van der Waals surface area contributed by atoms with Crippen LogP contribution in [0.15, 0.2) is 187 Å². The summed E-state index contributed by atoms with van der Waals surface area (Å²) >= 11 is 17.7. The van der Waals surface area contributed by atoms with Gasteiger partial charge in [-0.2, -0.15) is 74.5 Å². The summed E-state index contributed by atoms with van der Waals surface area (Å²) in [5.74, 6) is 3.34. The Labute approximate surface area is 399 Å². The Morgan fingerprint density at radius 2 is 0.691 bits per heavy atom. The van der Waals surface area contributed by atoms with Crippen molar-refractivity contribution >= 4 is 72.7 Å². The molecule has 7 rings (SSSR count). The SMILES string of the molecule is FC(F)(F)c1ccc([B-](c2ccc(C(F)(F)F)cc2)(c2ccc(C(F)(F)F)cc2)c2ccc(C(F)(F)F)cc2)cc1.O=[S+](C#Cc1ccccc1)(Cc1ccc(C(Cl)(Cl)Cl)cc1)c1ccccc1. The van der Waals surface area contributed by atoms with Crippen LogP contribution in [0.3, 0.4) is 0 Å². The first-order valence-corrected chi connectivity index (χ1v) is 22.7. The predicted molar refractivity (Wildman–Crippen MR) is 246 cm³/mol. The zero-order valence-corrected chi connectivity index (χ0v) is 37.7. The van der Waals surface area contributed by atoms with Crippen molar-refractivity contribution in [3.05, 3.63) is 221 Å². The quantitative estimate of drug-likeness (QED) is 0.0511. The van der Waals surface area contributed by atoms with Crippen molar-refractivity contribution in [1.29, 1.82) is 0 Å². The first-order valence-electron chi connectivity index (χ1n) is 19.9. The van der Waals surface area contributed by atoms with Gasteiger partial charge in [0.05, 0.1) is 22.3 Å². The van der Waals surface area contributed by atoms with Gasteiger partial charge in [-0.1, -0.05) is 197 Å². The molecule has 0 bridgehead atoms. The number of alkyl halides is 15. The number of rotatable bonds is 7. The minimum atomic E-state index is -4.77. The highest BCUT2D eigenvalue weighted by atomic mass is 35.6. The van der Waals surface area contributed by atoms with Gasteiger partial charge in [-0.3, -0.25) is 0 Å².